The predicted molar refractivity (Wildman–Crippen MR) is 86.3 cm³/mol. The molecular weight excluding hydrogens is 433 g/mol. The van der Waals surface area contributed by atoms with Gasteiger partial charge in [0.05, 0.1) is 15.2 Å². The monoisotopic (exact) mass is 439 g/mol. The minimum atomic E-state index is -3.86. The molecule has 106 valence electrons. The van der Waals surface area contributed by atoms with Crippen LogP contribution in [-0.2, 0) is 10.0 Å². The number of anilines is 2. The average Bonchev–Trinajstić information content (AvgIpc) is 2.37. The molecule has 9 heteroatoms. The van der Waals surface area contributed by atoms with E-state index in [-0.39, 0.29) is 10.7 Å². The zero-order valence-electron chi connectivity index (χ0n) is 9.77. The highest BCUT2D eigenvalue weighted by molar-refractivity contribution is 9.11. The van der Waals surface area contributed by atoms with E-state index >= 15 is 0 Å². The SMILES string of the molecule is Nc1ncc(Br)cc1S(=O)(=O)Nc1cccc(Cl)c1Br. The predicted octanol–water partition coefficient (Wildman–Crippen LogP) is 3.64. The molecule has 0 atom stereocenters. The third-order valence-electron chi connectivity index (χ3n) is 2.33. The number of sulfonamides is 1. The maximum Gasteiger partial charge on any atom is 0.265 e. The van der Waals surface area contributed by atoms with Gasteiger partial charge in [0, 0.05) is 10.7 Å². The molecule has 0 saturated carbocycles. The van der Waals surface area contributed by atoms with E-state index in [4.69, 9.17) is 17.3 Å². The molecule has 0 aliphatic carbocycles. The van der Waals surface area contributed by atoms with E-state index in [1.165, 1.54) is 12.3 Å². The van der Waals surface area contributed by atoms with Gasteiger partial charge in [-0.1, -0.05) is 17.7 Å². The maximum absolute atomic E-state index is 12.3. The zero-order chi connectivity index (χ0) is 14.9. The number of rotatable bonds is 3. The van der Waals surface area contributed by atoms with Gasteiger partial charge in [-0.25, -0.2) is 13.4 Å². The third-order valence-corrected chi connectivity index (χ3v) is 5.56. The zero-order valence-corrected chi connectivity index (χ0v) is 14.5. The van der Waals surface area contributed by atoms with Crippen molar-refractivity contribution >= 4 is 65.0 Å². The first-order valence-corrected chi connectivity index (χ1v) is 8.64. The van der Waals surface area contributed by atoms with Gasteiger partial charge >= 0.3 is 0 Å². The van der Waals surface area contributed by atoms with Gasteiger partial charge < -0.3 is 5.73 Å². The van der Waals surface area contributed by atoms with Crippen molar-refractivity contribution in [3.05, 3.63) is 44.4 Å². The molecule has 1 aromatic heterocycles. The van der Waals surface area contributed by atoms with Gasteiger partial charge in [-0.3, -0.25) is 4.72 Å². The summed E-state index contributed by atoms with van der Waals surface area (Å²) in [6.07, 6.45) is 1.42. The third kappa shape index (κ3) is 3.25. The molecule has 0 fully saturated rings. The Morgan fingerprint density at radius 3 is 2.70 bits per heavy atom. The second-order valence-corrected chi connectivity index (χ2v) is 7.51. The van der Waals surface area contributed by atoms with Crippen molar-refractivity contribution in [3.63, 3.8) is 0 Å². The molecule has 2 rings (SSSR count). The lowest BCUT2D eigenvalue weighted by atomic mass is 10.3. The van der Waals surface area contributed by atoms with Gasteiger partial charge in [0.2, 0.25) is 0 Å². The van der Waals surface area contributed by atoms with Crippen LogP contribution in [0.3, 0.4) is 0 Å². The summed E-state index contributed by atoms with van der Waals surface area (Å²) < 4.78 is 28.0. The Morgan fingerprint density at radius 2 is 2.00 bits per heavy atom. The second-order valence-electron chi connectivity index (χ2n) is 3.74. The van der Waals surface area contributed by atoms with Gasteiger partial charge in [0.25, 0.3) is 10.0 Å². The number of benzene rings is 1. The van der Waals surface area contributed by atoms with Crippen LogP contribution in [0.5, 0.6) is 0 Å². The Kier molecular flexibility index (Phi) is 4.58. The highest BCUT2D eigenvalue weighted by Gasteiger charge is 2.20. The van der Waals surface area contributed by atoms with Crippen molar-refractivity contribution in [1.29, 1.82) is 0 Å². The smallest absolute Gasteiger partial charge is 0.265 e. The van der Waals surface area contributed by atoms with Crippen LogP contribution < -0.4 is 10.5 Å². The van der Waals surface area contributed by atoms with Crippen molar-refractivity contribution in [1.82, 2.24) is 4.98 Å². The minimum Gasteiger partial charge on any atom is -0.383 e. The highest BCUT2D eigenvalue weighted by atomic mass is 79.9. The summed E-state index contributed by atoms with van der Waals surface area (Å²) in [5.74, 6) is -0.0844. The van der Waals surface area contributed by atoms with E-state index in [9.17, 15) is 8.42 Å². The molecule has 0 aliphatic rings. The first-order valence-electron chi connectivity index (χ1n) is 5.19. The quantitative estimate of drug-likeness (QED) is 0.762. The molecular formula is C11H8Br2ClN3O2S. The molecule has 0 spiro atoms. The standard InChI is InChI=1S/C11H8Br2ClN3O2S/c12-6-4-9(11(15)16-5-6)20(18,19)17-8-3-1-2-7(14)10(8)13/h1-5,17H,(H2,15,16). The molecule has 5 nitrogen and oxygen atoms in total. The molecule has 0 unspecified atom stereocenters. The molecule has 0 bridgehead atoms. The van der Waals surface area contributed by atoms with Crippen LogP contribution in [0.2, 0.25) is 5.02 Å². The molecule has 0 radical (unpaired) electrons. The van der Waals surface area contributed by atoms with E-state index in [1.807, 2.05) is 0 Å². The Morgan fingerprint density at radius 1 is 1.30 bits per heavy atom. The summed E-state index contributed by atoms with van der Waals surface area (Å²) in [7, 11) is -3.86. The van der Waals surface area contributed by atoms with Crippen LogP contribution in [0, 0.1) is 0 Å². The van der Waals surface area contributed by atoms with Crippen LogP contribution in [-0.4, -0.2) is 13.4 Å². The van der Waals surface area contributed by atoms with E-state index in [0.717, 1.165) is 0 Å². The lowest BCUT2D eigenvalue weighted by molar-refractivity contribution is 0.601. The number of nitrogen functional groups attached to an aromatic ring is 1. The van der Waals surface area contributed by atoms with Crippen LogP contribution in [0.25, 0.3) is 0 Å². The molecule has 1 heterocycles. The van der Waals surface area contributed by atoms with E-state index in [1.54, 1.807) is 18.2 Å². The fourth-order valence-electron chi connectivity index (χ4n) is 1.43. The Balaban J connectivity index is 2.46. The normalized spacial score (nSPS) is 11.3. The van der Waals surface area contributed by atoms with Crippen LogP contribution in [0.1, 0.15) is 0 Å². The topological polar surface area (TPSA) is 85.1 Å². The summed E-state index contributed by atoms with van der Waals surface area (Å²) in [6.45, 7) is 0. The lowest BCUT2D eigenvalue weighted by Crippen LogP contribution is -2.16. The van der Waals surface area contributed by atoms with Gasteiger partial charge in [0.1, 0.15) is 10.7 Å². The molecule has 0 saturated heterocycles. The van der Waals surface area contributed by atoms with E-state index < -0.39 is 10.0 Å². The largest absolute Gasteiger partial charge is 0.383 e. The minimum absolute atomic E-state index is 0.0844. The summed E-state index contributed by atoms with van der Waals surface area (Å²) in [4.78, 5) is 3.69. The van der Waals surface area contributed by atoms with E-state index in [2.05, 4.69) is 41.6 Å². The Bertz CT molecular complexity index is 768. The summed E-state index contributed by atoms with van der Waals surface area (Å²) in [5, 5.41) is 0.394. The summed E-state index contributed by atoms with van der Waals surface area (Å²) in [6, 6.07) is 6.23. The summed E-state index contributed by atoms with van der Waals surface area (Å²) >= 11 is 12.3. The molecule has 1 aromatic carbocycles. The second kappa shape index (κ2) is 5.88. The fraction of sp³-hybridized carbons (Fsp3) is 0. The van der Waals surface area contributed by atoms with Crippen molar-refractivity contribution < 1.29 is 8.42 Å². The number of nitrogens with one attached hydrogen (secondary N) is 1. The summed E-state index contributed by atoms with van der Waals surface area (Å²) in [5.41, 5.74) is 5.92. The molecule has 3 N–H and O–H groups in total. The van der Waals surface area contributed by atoms with Gasteiger partial charge in [-0.2, -0.15) is 0 Å². The van der Waals surface area contributed by atoms with Crippen molar-refractivity contribution in [2.45, 2.75) is 4.90 Å². The Hall–Kier alpha value is -0.830. The van der Waals surface area contributed by atoms with Crippen molar-refractivity contribution in [2.24, 2.45) is 0 Å². The average molecular weight is 442 g/mol. The number of nitrogens with zero attached hydrogens (tertiary/aromatic N) is 1. The van der Waals surface area contributed by atoms with Gasteiger partial charge in [-0.15, -0.1) is 0 Å². The van der Waals surface area contributed by atoms with Crippen LogP contribution in [0.4, 0.5) is 11.5 Å². The van der Waals surface area contributed by atoms with Crippen molar-refractivity contribution in [2.75, 3.05) is 10.5 Å². The van der Waals surface area contributed by atoms with Crippen LogP contribution >= 0.6 is 43.5 Å². The number of hydrogen-bond donors (Lipinski definition) is 2. The molecule has 2 aromatic rings. The molecule has 0 aliphatic heterocycles. The Labute approximate surface area is 137 Å². The molecule has 20 heavy (non-hydrogen) atoms. The van der Waals surface area contributed by atoms with Crippen LogP contribution in [0.15, 0.2) is 44.3 Å². The number of nitrogens with two attached hydrogens (primary N) is 1. The van der Waals surface area contributed by atoms with Crippen molar-refractivity contribution in [3.8, 4) is 0 Å². The highest BCUT2D eigenvalue weighted by Crippen LogP contribution is 2.32. The van der Waals surface area contributed by atoms with E-state index in [0.29, 0.717) is 19.7 Å². The number of halogens is 3. The fourth-order valence-corrected chi connectivity index (χ4v) is 3.76. The first-order chi connectivity index (χ1) is 9.31. The lowest BCUT2D eigenvalue weighted by Gasteiger charge is -2.11. The number of hydrogen-bond acceptors (Lipinski definition) is 4. The number of aromatic nitrogens is 1. The number of pyridine rings is 1. The molecule has 0 amide bonds. The van der Waals surface area contributed by atoms with Gasteiger partial charge in [-0.05, 0) is 50.1 Å². The maximum atomic E-state index is 12.3. The first kappa shape index (κ1) is 15.6. The van der Waals surface area contributed by atoms with Gasteiger partial charge in [0.15, 0.2) is 0 Å².